The van der Waals surface area contributed by atoms with Crippen LogP contribution in [-0.4, -0.2) is 91.5 Å². The number of carbonyl (C=O) groups excluding carboxylic acids is 2. The molecule has 0 saturated carbocycles. The van der Waals surface area contributed by atoms with Gasteiger partial charge in [0, 0.05) is 39.3 Å². The summed E-state index contributed by atoms with van der Waals surface area (Å²) in [6, 6.07) is 8.06. The molecular weight excluding hydrogens is 540 g/mol. The fourth-order valence-electron chi connectivity index (χ4n) is 5.80. The number of amidine groups is 1. The highest BCUT2D eigenvalue weighted by atomic mass is 35.5. The fraction of sp³-hybridized carbons (Fsp3) is 0.484. The molecule has 1 aromatic heterocycles. The second kappa shape index (κ2) is 13.5. The number of benzene rings is 1. The van der Waals surface area contributed by atoms with Gasteiger partial charge < -0.3 is 19.4 Å². The van der Waals surface area contributed by atoms with E-state index in [0.29, 0.717) is 67.5 Å². The number of aliphatic imine (C=N–C) groups is 1. The van der Waals surface area contributed by atoms with E-state index in [9.17, 15) is 9.59 Å². The average molecular weight is 581 g/mol. The predicted octanol–water partition coefficient (Wildman–Crippen LogP) is 4.47. The van der Waals surface area contributed by atoms with Crippen LogP contribution in [0.1, 0.15) is 44.4 Å². The second-order valence-electron chi connectivity index (χ2n) is 10.5. The molecular formula is C31H41ClN6O3. The van der Waals surface area contributed by atoms with Crippen molar-refractivity contribution in [3.63, 3.8) is 0 Å². The van der Waals surface area contributed by atoms with Crippen LogP contribution >= 0.6 is 11.6 Å². The van der Waals surface area contributed by atoms with Gasteiger partial charge in [-0.25, -0.2) is 4.98 Å². The third kappa shape index (κ3) is 6.11. The topological polar surface area (TPSA) is 81.6 Å². The van der Waals surface area contributed by atoms with Gasteiger partial charge in [-0.2, -0.15) is 0 Å². The number of aryl methyl sites for hydroxylation is 2. The van der Waals surface area contributed by atoms with Gasteiger partial charge in [0.05, 0.1) is 35.5 Å². The van der Waals surface area contributed by atoms with Crippen molar-refractivity contribution in [2.24, 2.45) is 4.99 Å². The number of morpholine rings is 1. The third-order valence-corrected chi connectivity index (χ3v) is 8.23. The van der Waals surface area contributed by atoms with Crippen molar-refractivity contribution in [3.05, 3.63) is 58.6 Å². The van der Waals surface area contributed by atoms with Crippen LogP contribution in [-0.2, 0) is 27.2 Å². The van der Waals surface area contributed by atoms with E-state index in [4.69, 9.17) is 26.3 Å². The smallest absolute Gasteiger partial charge is 0.246 e. The highest BCUT2D eigenvalue weighted by Crippen LogP contribution is 2.38. The molecule has 0 bridgehead atoms. The Bertz CT molecular complexity index is 1290. The summed E-state index contributed by atoms with van der Waals surface area (Å²) in [7, 11) is 1.74. The molecule has 41 heavy (non-hydrogen) atoms. The molecule has 9 nitrogen and oxygen atoms in total. The number of halogens is 1. The Labute approximate surface area is 248 Å². The maximum atomic E-state index is 13.0. The summed E-state index contributed by atoms with van der Waals surface area (Å²) in [6.45, 7) is 15.4. The molecule has 0 aliphatic carbocycles. The van der Waals surface area contributed by atoms with E-state index in [-0.39, 0.29) is 18.0 Å². The zero-order valence-electron chi connectivity index (χ0n) is 24.8. The van der Waals surface area contributed by atoms with E-state index in [2.05, 4.69) is 56.2 Å². The van der Waals surface area contributed by atoms with E-state index < -0.39 is 0 Å². The summed E-state index contributed by atoms with van der Waals surface area (Å²) in [5.74, 6) is 1.68. The summed E-state index contributed by atoms with van der Waals surface area (Å²) in [6.07, 6.45) is 3.71. The van der Waals surface area contributed by atoms with Crippen LogP contribution in [0.25, 0.3) is 0 Å². The number of carbonyl (C=O) groups is 2. The number of para-hydroxylation sites is 1. The molecule has 2 amide bonds. The first-order valence-electron chi connectivity index (χ1n) is 14.3. The summed E-state index contributed by atoms with van der Waals surface area (Å²) in [4.78, 5) is 43.0. The molecule has 2 aliphatic rings. The maximum Gasteiger partial charge on any atom is 0.246 e. The van der Waals surface area contributed by atoms with Crippen LogP contribution in [0.2, 0.25) is 5.02 Å². The molecule has 1 unspecified atom stereocenters. The minimum Gasteiger partial charge on any atom is -0.377 e. The number of ether oxygens (including phenoxy) is 1. The zero-order valence-corrected chi connectivity index (χ0v) is 25.5. The number of piperazine rings is 1. The number of aromatic nitrogens is 1. The fourth-order valence-corrected chi connectivity index (χ4v) is 6.06. The number of rotatable bonds is 8. The van der Waals surface area contributed by atoms with Crippen LogP contribution in [0.15, 0.2) is 41.9 Å². The van der Waals surface area contributed by atoms with Crippen molar-refractivity contribution >= 4 is 47.1 Å². The zero-order chi connectivity index (χ0) is 29.7. The maximum absolute atomic E-state index is 13.0. The van der Waals surface area contributed by atoms with Gasteiger partial charge in [0.2, 0.25) is 12.3 Å². The lowest BCUT2D eigenvalue weighted by atomic mass is 10.0. The quantitative estimate of drug-likeness (QED) is 0.198. The monoisotopic (exact) mass is 580 g/mol. The SMILES string of the molecule is C=CC(=O)N1CCN(C(=NC)c2cc(Cl)c(N3CCOC[C@H]3C)nc2N(C=O)c2c(CC)cccc2CC)C(C)C1. The molecule has 2 atom stereocenters. The van der Waals surface area contributed by atoms with Crippen molar-refractivity contribution in [1.82, 2.24) is 14.8 Å². The third-order valence-electron chi connectivity index (χ3n) is 7.96. The number of nitrogens with zero attached hydrogens (tertiary/aromatic N) is 6. The molecule has 0 N–H and O–H groups in total. The van der Waals surface area contributed by atoms with Crippen LogP contribution in [0.4, 0.5) is 17.3 Å². The number of hydrogen-bond donors (Lipinski definition) is 0. The Kier molecular flexibility index (Phi) is 10.0. The molecule has 2 aromatic rings. The highest BCUT2D eigenvalue weighted by molar-refractivity contribution is 6.33. The molecule has 2 fully saturated rings. The lowest BCUT2D eigenvalue weighted by Gasteiger charge is -2.42. The van der Waals surface area contributed by atoms with Gasteiger partial charge in [-0.1, -0.05) is 50.2 Å². The normalized spacial score (nSPS) is 19.8. The molecule has 4 rings (SSSR count). The minimum atomic E-state index is -0.0868. The second-order valence-corrected chi connectivity index (χ2v) is 10.9. The van der Waals surface area contributed by atoms with Crippen molar-refractivity contribution in [2.45, 2.75) is 52.6 Å². The molecule has 0 radical (unpaired) electrons. The molecule has 2 aliphatic heterocycles. The van der Waals surface area contributed by atoms with Gasteiger partial charge in [-0.05, 0) is 50.0 Å². The van der Waals surface area contributed by atoms with Gasteiger partial charge in [0.25, 0.3) is 0 Å². The lowest BCUT2D eigenvalue weighted by Crippen LogP contribution is -2.55. The van der Waals surface area contributed by atoms with E-state index in [1.165, 1.54) is 6.08 Å². The first kappa shape index (κ1) is 30.5. The Balaban J connectivity index is 1.90. The minimum absolute atomic E-state index is 0.0317. The highest BCUT2D eigenvalue weighted by Gasteiger charge is 2.33. The van der Waals surface area contributed by atoms with Crippen LogP contribution in [0.5, 0.6) is 0 Å². The van der Waals surface area contributed by atoms with Crippen molar-refractivity contribution < 1.29 is 14.3 Å². The van der Waals surface area contributed by atoms with E-state index in [1.54, 1.807) is 16.8 Å². The summed E-state index contributed by atoms with van der Waals surface area (Å²) >= 11 is 6.98. The molecule has 3 heterocycles. The van der Waals surface area contributed by atoms with Gasteiger partial charge in [0.15, 0.2) is 5.82 Å². The predicted molar refractivity (Wildman–Crippen MR) is 166 cm³/mol. The van der Waals surface area contributed by atoms with Gasteiger partial charge in [-0.15, -0.1) is 0 Å². The lowest BCUT2D eigenvalue weighted by molar-refractivity contribution is -0.128. The molecule has 2 saturated heterocycles. The molecule has 10 heteroatoms. The van der Waals surface area contributed by atoms with Crippen molar-refractivity contribution in [3.8, 4) is 0 Å². The largest absolute Gasteiger partial charge is 0.377 e. The van der Waals surface area contributed by atoms with E-state index >= 15 is 0 Å². The molecule has 220 valence electrons. The summed E-state index contributed by atoms with van der Waals surface area (Å²) < 4.78 is 5.67. The van der Waals surface area contributed by atoms with Crippen molar-refractivity contribution in [2.75, 3.05) is 56.2 Å². The van der Waals surface area contributed by atoms with Gasteiger partial charge >= 0.3 is 0 Å². The van der Waals surface area contributed by atoms with Gasteiger partial charge in [0.1, 0.15) is 11.7 Å². The first-order valence-corrected chi connectivity index (χ1v) is 14.7. The Morgan fingerprint density at radius 1 is 1.20 bits per heavy atom. The average Bonchev–Trinajstić information content (AvgIpc) is 2.99. The van der Waals surface area contributed by atoms with Crippen LogP contribution < -0.4 is 9.80 Å². The molecule has 0 spiro atoms. The number of pyridine rings is 1. The standard InChI is InChI=1S/C31H41ClN6O3/c1-7-23-11-10-12-24(8-2)28(23)38(20-39)30-25(17-26(32)31(34-30)37-15-16-41-19-22(37)5)29(33-6)36-14-13-35(18-21(36)4)27(40)9-3/h9-12,17,20-22H,3,7-8,13-16,18-19H2,1-2,4-6H3/t21?,22-/m1/s1. The van der Waals surface area contributed by atoms with Crippen LogP contribution in [0.3, 0.4) is 0 Å². The van der Waals surface area contributed by atoms with Crippen LogP contribution in [0, 0.1) is 0 Å². The van der Waals surface area contributed by atoms with E-state index in [1.807, 2.05) is 12.1 Å². The Morgan fingerprint density at radius 2 is 1.90 bits per heavy atom. The number of amides is 2. The summed E-state index contributed by atoms with van der Waals surface area (Å²) in [5, 5.41) is 0.483. The van der Waals surface area contributed by atoms with Crippen molar-refractivity contribution in [1.29, 1.82) is 0 Å². The van der Waals surface area contributed by atoms with E-state index in [0.717, 1.165) is 36.1 Å². The molecule has 1 aromatic carbocycles. The first-order chi connectivity index (χ1) is 19.8. The van der Waals surface area contributed by atoms with Gasteiger partial charge in [-0.3, -0.25) is 19.5 Å². The Hall–Kier alpha value is -3.43. The summed E-state index contributed by atoms with van der Waals surface area (Å²) in [5.41, 5.74) is 3.62. The number of anilines is 3. The number of hydrogen-bond acceptors (Lipinski definition) is 6. The Morgan fingerprint density at radius 3 is 2.46 bits per heavy atom.